The molecule has 2 aromatic rings. The van der Waals surface area contributed by atoms with E-state index in [-0.39, 0.29) is 23.4 Å². The molecule has 1 amide bonds. The number of amides is 1. The molecule has 1 aliphatic rings. The number of aliphatic hydroxyl groups is 1. The van der Waals surface area contributed by atoms with Gasteiger partial charge >= 0.3 is 0 Å². The van der Waals surface area contributed by atoms with Crippen LogP contribution in [0, 0.1) is 0 Å². The van der Waals surface area contributed by atoms with Crippen LogP contribution >= 0.6 is 0 Å². The zero-order valence-corrected chi connectivity index (χ0v) is 18.8. The summed E-state index contributed by atoms with van der Waals surface area (Å²) in [7, 11) is -2.40. The lowest BCUT2D eigenvalue weighted by Crippen LogP contribution is -2.50. The first-order chi connectivity index (χ1) is 14.9. The van der Waals surface area contributed by atoms with Crippen LogP contribution in [0.15, 0.2) is 59.5 Å². The number of nitrogens with zero attached hydrogens (tertiary/aromatic N) is 2. The third-order valence-electron chi connectivity index (χ3n) is 5.63. The number of rotatable bonds is 8. The van der Waals surface area contributed by atoms with Gasteiger partial charge in [0.25, 0.3) is 10.0 Å². The highest BCUT2D eigenvalue weighted by Crippen LogP contribution is 2.33. The third-order valence-corrected chi connectivity index (χ3v) is 7.40. The van der Waals surface area contributed by atoms with Crippen molar-refractivity contribution < 1.29 is 23.1 Å². The van der Waals surface area contributed by atoms with Crippen molar-refractivity contribution in [3.8, 4) is 5.75 Å². The van der Waals surface area contributed by atoms with Crippen LogP contribution in [0.1, 0.15) is 32.6 Å². The van der Waals surface area contributed by atoms with Gasteiger partial charge in [-0.25, -0.2) is 8.42 Å². The predicted molar refractivity (Wildman–Crippen MR) is 120 cm³/mol. The average molecular weight is 447 g/mol. The first-order valence-corrected chi connectivity index (χ1v) is 12.0. The number of sulfonamides is 1. The number of aliphatic hydroxyl groups excluding tert-OH is 1. The normalized spacial score (nSPS) is 18.9. The largest absolute Gasteiger partial charge is 0.492 e. The molecule has 7 nitrogen and oxygen atoms in total. The van der Waals surface area contributed by atoms with Gasteiger partial charge in [0, 0.05) is 7.05 Å². The van der Waals surface area contributed by atoms with E-state index in [0.717, 1.165) is 17.1 Å². The highest BCUT2D eigenvalue weighted by Gasteiger charge is 2.34. The quantitative estimate of drug-likeness (QED) is 0.674. The maximum Gasteiger partial charge on any atom is 0.264 e. The maximum absolute atomic E-state index is 13.5. The number of carbonyl (C=O) groups excluding carboxylic acids is 1. The Morgan fingerprint density at radius 3 is 2.39 bits per heavy atom. The maximum atomic E-state index is 13.5. The summed E-state index contributed by atoms with van der Waals surface area (Å²) in [5.41, 5.74) is 0.305. The van der Waals surface area contributed by atoms with Crippen molar-refractivity contribution in [2.45, 2.75) is 49.6 Å². The molecule has 2 aromatic carbocycles. The van der Waals surface area contributed by atoms with Crippen LogP contribution in [-0.2, 0) is 14.8 Å². The fourth-order valence-electron chi connectivity index (χ4n) is 3.92. The summed E-state index contributed by atoms with van der Waals surface area (Å²) in [5, 5.41) is 10.3. The molecule has 3 rings (SSSR count). The molecule has 0 spiro atoms. The van der Waals surface area contributed by atoms with Crippen molar-refractivity contribution in [2.75, 3.05) is 24.5 Å². The molecular formula is C23H30N2O5S. The minimum atomic E-state index is -4.02. The van der Waals surface area contributed by atoms with Crippen LogP contribution < -0.4 is 9.04 Å². The molecule has 1 saturated carbocycles. The van der Waals surface area contributed by atoms with E-state index < -0.39 is 16.1 Å². The van der Waals surface area contributed by atoms with E-state index in [1.54, 1.807) is 49.5 Å². The molecule has 1 fully saturated rings. The number of anilines is 1. The van der Waals surface area contributed by atoms with Crippen LogP contribution in [0.25, 0.3) is 0 Å². The van der Waals surface area contributed by atoms with Crippen molar-refractivity contribution in [1.29, 1.82) is 0 Å². The summed E-state index contributed by atoms with van der Waals surface area (Å²) < 4.78 is 33.8. The first-order valence-electron chi connectivity index (χ1n) is 10.6. The molecular weight excluding hydrogens is 416 g/mol. The van der Waals surface area contributed by atoms with Gasteiger partial charge in [0.15, 0.2) is 0 Å². The summed E-state index contributed by atoms with van der Waals surface area (Å²) in [6.07, 6.45) is 2.60. The first kappa shape index (κ1) is 23.1. The molecule has 0 radical (unpaired) electrons. The predicted octanol–water partition coefficient (Wildman–Crippen LogP) is 3.04. The molecule has 0 heterocycles. The Bertz CT molecular complexity index is 980. The Hall–Kier alpha value is -2.58. The van der Waals surface area contributed by atoms with Gasteiger partial charge < -0.3 is 14.7 Å². The number of carbonyl (C=O) groups is 1. The van der Waals surface area contributed by atoms with Gasteiger partial charge in [-0.15, -0.1) is 0 Å². The SMILES string of the molecule is CCOc1ccccc1N(CC(=O)N(C)C1CCCCC1O)S(=O)(=O)c1ccccc1. The number of benzene rings is 2. The summed E-state index contributed by atoms with van der Waals surface area (Å²) in [6.45, 7) is 1.79. The zero-order valence-electron chi connectivity index (χ0n) is 18.0. The fraction of sp³-hybridized carbons (Fsp3) is 0.435. The topological polar surface area (TPSA) is 87.2 Å². The minimum absolute atomic E-state index is 0.0921. The van der Waals surface area contributed by atoms with E-state index in [2.05, 4.69) is 0 Å². The van der Waals surface area contributed by atoms with Gasteiger partial charge in [-0.1, -0.05) is 43.2 Å². The summed E-state index contributed by atoms with van der Waals surface area (Å²) in [6, 6.07) is 14.5. The molecule has 0 saturated heterocycles. The highest BCUT2D eigenvalue weighted by molar-refractivity contribution is 7.92. The van der Waals surface area contributed by atoms with E-state index >= 15 is 0 Å². The van der Waals surface area contributed by atoms with Crippen LogP contribution in [0.5, 0.6) is 5.75 Å². The van der Waals surface area contributed by atoms with Crippen molar-refractivity contribution in [3.63, 3.8) is 0 Å². The van der Waals surface area contributed by atoms with Crippen molar-refractivity contribution in [1.82, 2.24) is 4.90 Å². The molecule has 2 unspecified atom stereocenters. The molecule has 1 N–H and O–H groups in total. The fourth-order valence-corrected chi connectivity index (χ4v) is 5.37. The van der Waals surface area contributed by atoms with Crippen LogP contribution in [0.4, 0.5) is 5.69 Å². The molecule has 1 aliphatic carbocycles. The standard InChI is InChI=1S/C23H30N2O5S/c1-3-30-22-16-10-8-14-20(22)25(31(28,29)18-11-5-4-6-12-18)17-23(27)24(2)19-13-7-9-15-21(19)26/h4-6,8,10-12,14,16,19,21,26H,3,7,9,13,15,17H2,1-2H3. The second-order valence-electron chi connectivity index (χ2n) is 7.65. The van der Waals surface area contributed by atoms with Gasteiger partial charge in [-0.3, -0.25) is 9.10 Å². The minimum Gasteiger partial charge on any atom is -0.492 e. The van der Waals surface area contributed by atoms with Gasteiger partial charge in [0.2, 0.25) is 5.91 Å². The zero-order chi connectivity index (χ0) is 22.4. The number of para-hydroxylation sites is 2. The van der Waals surface area contributed by atoms with Gasteiger partial charge in [-0.2, -0.15) is 0 Å². The number of hydrogen-bond donors (Lipinski definition) is 1. The smallest absolute Gasteiger partial charge is 0.264 e. The molecule has 8 heteroatoms. The number of hydrogen-bond acceptors (Lipinski definition) is 5. The van der Waals surface area contributed by atoms with E-state index in [4.69, 9.17) is 4.74 Å². The molecule has 2 atom stereocenters. The van der Waals surface area contributed by atoms with E-state index in [9.17, 15) is 18.3 Å². The Morgan fingerprint density at radius 2 is 1.71 bits per heavy atom. The summed E-state index contributed by atoms with van der Waals surface area (Å²) in [5.74, 6) is 0.00872. The van der Waals surface area contributed by atoms with Crippen LogP contribution in [0.2, 0.25) is 0 Å². The lowest BCUT2D eigenvalue weighted by atomic mass is 9.91. The van der Waals surface area contributed by atoms with Crippen molar-refractivity contribution in [3.05, 3.63) is 54.6 Å². The number of ether oxygens (including phenoxy) is 1. The van der Waals surface area contributed by atoms with Crippen LogP contribution in [-0.4, -0.2) is 56.7 Å². The lowest BCUT2D eigenvalue weighted by molar-refractivity contribution is -0.133. The molecule has 0 bridgehead atoms. The van der Waals surface area contributed by atoms with E-state index in [0.29, 0.717) is 30.9 Å². The molecule has 31 heavy (non-hydrogen) atoms. The van der Waals surface area contributed by atoms with E-state index in [1.807, 2.05) is 6.92 Å². The Labute approximate surface area is 184 Å². The molecule has 168 valence electrons. The second kappa shape index (κ2) is 10.2. The monoisotopic (exact) mass is 446 g/mol. The van der Waals surface area contributed by atoms with Crippen LogP contribution in [0.3, 0.4) is 0 Å². The van der Waals surface area contributed by atoms with Gasteiger partial charge in [0.05, 0.1) is 29.3 Å². The highest BCUT2D eigenvalue weighted by atomic mass is 32.2. The Morgan fingerprint density at radius 1 is 1.06 bits per heavy atom. The van der Waals surface area contributed by atoms with E-state index in [1.165, 1.54) is 17.0 Å². The van der Waals surface area contributed by atoms with Gasteiger partial charge in [0.1, 0.15) is 12.3 Å². The summed E-state index contributed by atoms with van der Waals surface area (Å²) in [4.78, 5) is 14.8. The second-order valence-corrected chi connectivity index (χ2v) is 9.51. The summed E-state index contributed by atoms with van der Waals surface area (Å²) >= 11 is 0. The third kappa shape index (κ3) is 5.19. The Balaban J connectivity index is 1.98. The van der Waals surface area contributed by atoms with Crippen molar-refractivity contribution in [2.24, 2.45) is 0 Å². The average Bonchev–Trinajstić information content (AvgIpc) is 2.78. The Kier molecular flexibility index (Phi) is 7.56. The molecule has 0 aromatic heterocycles. The number of likely N-dealkylation sites (N-methyl/N-ethyl adjacent to an activating group) is 1. The lowest BCUT2D eigenvalue weighted by Gasteiger charge is -2.36. The molecule has 0 aliphatic heterocycles. The van der Waals surface area contributed by atoms with Gasteiger partial charge in [-0.05, 0) is 44.0 Å². The van der Waals surface area contributed by atoms with Crippen molar-refractivity contribution >= 4 is 21.6 Å².